The molecule has 116 valence electrons. The number of hydrogen-bond donors (Lipinski definition) is 2. The average molecular weight is 294 g/mol. The highest BCUT2D eigenvalue weighted by molar-refractivity contribution is 5.74. The van der Waals surface area contributed by atoms with Crippen molar-refractivity contribution in [1.82, 2.24) is 20.0 Å². The van der Waals surface area contributed by atoms with E-state index in [4.69, 9.17) is 5.11 Å². The molecule has 21 heavy (non-hydrogen) atoms. The molecule has 1 aromatic heterocycles. The van der Waals surface area contributed by atoms with Crippen LogP contribution in [0.3, 0.4) is 0 Å². The van der Waals surface area contributed by atoms with E-state index in [1.165, 1.54) is 0 Å². The maximum Gasteiger partial charge on any atom is 0.317 e. The quantitative estimate of drug-likeness (QED) is 0.854. The van der Waals surface area contributed by atoms with Gasteiger partial charge in [0.25, 0.3) is 0 Å². The Bertz CT molecular complexity index is 500. The number of hydrogen-bond acceptors (Lipinski definition) is 3. The van der Waals surface area contributed by atoms with Gasteiger partial charge in [-0.3, -0.25) is 9.48 Å². The lowest BCUT2D eigenvalue weighted by atomic mass is 9.93. The molecule has 2 N–H and O–H groups in total. The van der Waals surface area contributed by atoms with Crippen molar-refractivity contribution in [2.45, 2.75) is 32.2 Å². The summed E-state index contributed by atoms with van der Waals surface area (Å²) < 4.78 is 1.70. The summed E-state index contributed by atoms with van der Waals surface area (Å²) in [7, 11) is 1.84. The summed E-state index contributed by atoms with van der Waals surface area (Å²) in [5, 5.41) is 15.7. The first-order valence-corrected chi connectivity index (χ1v) is 7.26. The summed E-state index contributed by atoms with van der Waals surface area (Å²) in [5.74, 6) is -0.479. The number of likely N-dealkylation sites (tertiary alicyclic amines) is 1. The molecule has 0 bridgehead atoms. The van der Waals surface area contributed by atoms with Gasteiger partial charge in [-0.15, -0.1) is 0 Å². The monoisotopic (exact) mass is 294 g/mol. The predicted molar refractivity (Wildman–Crippen MR) is 76.6 cm³/mol. The molecule has 0 aliphatic carbocycles. The van der Waals surface area contributed by atoms with Gasteiger partial charge in [0.15, 0.2) is 0 Å². The maximum atomic E-state index is 12.1. The van der Waals surface area contributed by atoms with E-state index in [9.17, 15) is 9.59 Å². The number of carboxylic acids is 1. The summed E-state index contributed by atoms with van der Waals surface area (Å²) >= 11 is 0. The number of aliphatic carboxylic acids is 1. The van der Waals surface area contributed by atoms with Gasteiger partial charge < -0.3 is 15.3 Å². The molecule has 2 rings (SSSR count). The molecule has 1 aliphatic rings. The second-order valence-corrected chi connectivity index (χ2v) is 5.57. The Labute approximate surface area is 123 Å². The smallest absolute Gasteiger partial charge is 0.317 e. The molecule has 0 spiro atoms. The Morgan fingerprint density at radius 3 is 3.00 bits per heavy atom. The zero-order valence-electron chi connectivity index (χ0n) is 12.3. The van der Waals surface area contributed by atoms with Crippen molar-refractivity contribution < 1.29 is 14.7 Å². The molecule has 0 aromatic carbocycles. The van der Waals surface area contributed by atoms with Crippen LogP contribution in [0.1, 0.15) is 31.2 Å². The van der Waals surface area contributed by atoms with Crippen LogP contribution in [0.2, 0.25) is 0 Å². The zero-order chi connectivity index (χ0) is 15.2. The van der Waals surface area contributed by atoms with E-state index in [1.807, 2.05) is 13.2 Å². The normalized spacial score (nSPS) is 18.5. The topological polar surface area (TPSA) is 87.5 Å². The van der Waals surface area contributed by atoms with E-state index < -0.39 is 5.97 Å². The van der Waals surface area contributed by atoms with Crippen molar-refractivity contribution in [2.75, 3.05) is 13.1 Å². The van der Waals surface area contributed by atoms with Gasteiger partial charge in [0.05, 0.1) is 6.20 Å². The molecule has 1 fully saturated rings. The Hall–Kier alpha value is -2.05. The van der Waals surface area contributed by atoms with Crippen LogP contribution in [0.5, 0.6) is 0 Å². The van der Waals surface area contributed by atoms with Crippen LogP contribution in [-0.4, -0.2) is 44.9 Å². The maximum absolute atomic E-state index is 12.1. The lowest BCUT2D eigenvalue weighted by Gasteiger charge is -2.32. The summed E-state index contributed by atoms with van der Waals surface area (Å²) in [4.78, 5) is 24.5. The van der Waals surface area contributed by atoms with Crippen LogP contribution < -0.4 is 5.32 Å². The highest BCUT2D eigenvalue weighted by atomic mass is 16.4. The van der Waals surface area contributed by atoms with Gasteiger partial charge in [0.1, 0.15) is 0 Å². The fraction of sp³-hybridized carbons (Fsp3) is 0.643. The zero-order valence-corrected chi connectivity index (χ0v) is 12.3. The largest absolute Gasteiger partial charge is 0.481 e. The molecule has 1 aliphatic heterocycles. The molecule has 2 amide bonds. The van der Waals surface area contributed by atoms with Gasteiger partial charge in [-0.1, -0.05) is 0 Å². The number of rotatable bonds is 5. The van der Waals surface area contributed by atoms with Crippen molar-refractivity contribution in [3.63, 3.8) is 0 Å². The number of carboxylic acid groups (broad SMARTS) is 1. The Morgan fingerprint density at radius 1 is 1.52 bits per heavy atom. The highest BCUT2D eigenvalue weighted by Gasteiger charge is 2.23. The minimum Gasteiger partial charge on any atom is -0.481 e. The van der Waals surface area contributed by atoms with Crippen LogP contribution in [0.25, 0.3) is 0 Å². The van der Waals surface area contributed by atoms with E-state index in [-0.39, 0.29) is 12.5 Å². The minimum atomic E-state index is -0.770. The molecule has 1 saturated heterocycles. The number of carbonyl (C=O) groups is 2. The number of aryl methyl sites for hydroxylation is 1. The van der Waals surface area contributed by atoms with Crippen molar-refractivity contribution in [2.24, 2.45) is 13.0 Å². The van der Waals surface area contributed by atoms with Crippen molar-refractivity contribution in [1.29, 1.82) is 0 Å². The third-order valence-corrected chi connectivity index (χ3v) is 3.77. The van der Waals surface area contributed by atoms with Gasteiger partial charge in [0.2, 0.25) is 0 Å². The van der Waals surface area contributed by atoms with Crippen LogP contribution in [0, 0.1) is 5.92 Å². The van der Waals surface area contributed by atoms with Gasteiger partial charge >= 0.3 is 12.0 Å². The van der Waals surface area contributed by atoms with Gasteiger partial charge in [-0.05, 0) is 25.2 Å². The molecule has 0 radical (unpaired) electrons. The second-order valence-electron chi connectivity index (χ2n) is 5.57. The number of carbonyl (C=O) groups excluding carboxylic acids is 1. The first-order valence-electron chi connectivity index (χ1n) is 7.26. The van der Waals surface area contributed by atoms with Crippen molar-refractivity contribution >= 4 is 12.0 Å². The van der Waals surface area contributed by atoms with Crippen LogP contribution in [-0.2, 0) is 18.4 Å². The molecular weight excluding hydrogens is 272 g/mol. The van der Waals surface area contributed by atoms with Crippen LogP contribution in [0.4, 0.5) is 4.79 Å². The Morgan fingerprint density at radius 2 is 2.33 bits per heavy atom. The SMILES string of the molecule is Cn1cc(CNC(=O)N2CCCC(CCC(=O)O)C2)cn1. The third kappa shape index (κ3) is 4.77. The first kappa shape index (κ1) is 15.3. The number of piperidine rings is 1. The number of aromatic nitrogens is 2. The summed E-state index contributed by atoms with van der Waals surface area (Å²) in [6.07, 6.45) is 6.35. The lowest BCUT2D eigenvalue weighted by molar-refractivity contribution is -0.137. The Balaban J connectivity index is 1.77. The number of amides is 2. The lowest BCUT2D eigenvalue weighted by Crippen LogP contribution is -2.45. The van der Waals surface area contributed by atoms with E-state index in [0.717, 1.165) is 24.9 Å². The van der Waals surface area contributed by atoms with E-state index >= 15 is 0 Å². The summed E-state index contributed by atoms with van der Waals surface area (Å²) in [5.41, 5.74) is 0.963. The Kier molecular flexibility index (Phi) is 5.19. The highest BCUT2D eigenvalue weighted by Crippen LogP contribution is 2.21. The molecule has 1 atom stereocenters. The molecular formula is C14H22N4O3. The standard InChI is InChI=1S/C14H22N4O3/c1-17-9-12(8-16-17)7-15-14(21)18-6-2-3-11(10-18)4-5-13(19)20/h8-9,11H,2-7,10H2,1H3,(H,15,21)(H,19,20). The van der Waals surface area contributed by atoms with Crippen LogP contribution in [0.15, 0.2) is 12.4 Å². The molecule has 2 heterocycles. The third-order valence-electron chi connectivity index (χ3n) is 3.77. The molecule has 7 nitrogen and oxygen atoms in total. The second kappa shape index (κ2) is 7.10. The van der Waals surface area contributed by atoms with Gasteiger partial charge in [0, 0.05) is 44.9 Å². The predicted octanol–water partition coefficient (Wildman–Crippen LogP) is 1.21. The van der Waals surface area contributed by atoms with Crippen LogP contribution >= 0.6 is 0 Å². The first-order chi connectivity index (χ1) is 10.0. The van der Waals surface area contributed by atoms with E-state index in [1.54, 1.807) is 15.8 Å². The fourth-order valence-electron chi connectivity index (χ4n) is 2.67. The van der Waals surface area contributed by atoms with E-state index in [0.29, 0.717) is 25.4 Å². The number of nitrogens with zero attached hydrogens (tertiary/aromatic N) is 3. The molecule has 1 aromatic rings. The van der Waals surface area contributed by atoms with Gasteiger partial charge in [-0.2, -0.15) is 5.10 Å². The number of nitrogens with one attached hydrogen (secondary N) is 1. The summed E-state index contributed by atoms with van der Waals surface area (Å²) in [6.45, 7) is 1.84. The average Bonchev–Trinajstić information content (AvgIpc) is 2.88. The van der Waals surface area contributed by atoms with Gasteiger partial charge in [-0.25, -0.2) is 4.79 Å². The van der Waals surface area contributed by atoms with Crippen molar-refractivity contribution in [3.05, 3.63) is 18.0 Å². The molecule has 0 saturated carbocycles. The van der Waals surface area contributed by atoms with Crippen molar-refractivity contribution in [3.8, 4) is 0 Å². The number of urea groups is 1. The fourth-order valence-corrected chi connectivity index (χ4v) is 2.67. The summed E-state index contributed by atoms with van der Waals surface area (Å²) in [6, 6.07) is -0.0844. The molecule has 7 heteroatoms. The van der Waals surface area contributed by atoms with E-state index in [2.05, 4.69) is 10.4 Å². The minimum absolute atomic E-state index is 0.0844. The molecule has 1 unspecified atom stereocenters.